The number of aromatic amines is 1. The molecule has 0 radical (unpaired) electrons. The van der Waals surface area contributed by atoms with Crippen molar-refractivity contribution in [2.45, 2.75) is 0 Å². The molecule has 0 bridgehead atoms. The van der Waals surface area contributed by atoms with E-state index >= 15 is 0 Å². The lowest BCUT2D eigenvalue weighted by Crippen LogP contribution is -2.07. The van der Waals surface area contributed by atoms with Crippen molar-refractivity contribution >= 4 is 16.9 Å². The van der Waals surface area contributed by atoms with Gasteiger partial charge in [0, 0.05) is 36.1 Å². The maximum absolute atomic E-state index is 8.87. The van der Waals surface area contributed by atoms with Crippen LogP contribution in [0.25, 0.3) is 22.3 Å². The van der Waals surface area contributed by atoms with Gasteiger partial charge in [-0.2, -0.15) is 0 Å². The number of nitrogens with zero attached hydrogens (tertiary/aromatic N) is 3. The highest BCUT2D eigenvalue weighted by Crippen LogP contribution is 2.27. The summed E-state index contributed by atoms with van der Waals surface area (Å²) in [6.45, 7) is 0.518. The molecule has 0 aliphatic carbocycles. The van der Waals surface area contributed by atoms with Crippen LogP contribution < -0.4 is 5.32 Å². The van der Waals surface area contributed by atoms with E-state index in [2.05, 4.69) is 25.3 Å². The molecule has 0 saturated heterocycles. The summed E-state index contributed by atoms with van der Waals surface area (Å²) in [5, 5.41) is 12.9. The van der Waals surface area contributed by atoms with Gasteiger partial charge in [-0.25, -0.2) is 4.98 Å². The van der Waals surface area contributed by atoms with Crippen molar-refractivity contribution in [1.29, 1.82) is 0 Å². The van der Waals surface area contributed by atoms with Gasteiger partial charge >= 0.3 is 0 Å². The Morgan fingerprint density at radius 2 is 2.26 bits per heavy atom. The summed E-state index contributed by atoms with van der Waals surface area (Å²) in [6.07, 6.45) is 6.87. The smallest absolute Gasteiger partial charge is 0.140 e. The van der Waals surface area contributed by atoms with Crippen LogP contribution in [-0.4, -0.2) is 38.2 Å². The summed E-state index contributed by atoms with van der Waals surface area (Å²) in [5.74, 6) is 0.699. The number of H-pyrrole nitrogens is 1. The van der Waals surface area contributed by atoms with Crippen LogP contribution in [0, 0.1) is 0 Å². The highest BCUT2D eigenvalue weighted by Gasteiger charge is 2.09. The first-order valence-corrected chi connectivity index (χ1v) is 5.98. The Hall–Kier alpha value is -2.47. The molecule has 0 aliphatic rings. The fourth-order valence-electron chi connectivity index (χ4n) is 1.96. The molecular formula is C13H13N5O. The first-order valence-electron chi connectivity index (χ1n) is 5.98. The van der Waals surface area contributed by atoms with Gasteiger partial charge in [0.1, 0.15) is 11.5 Å². The molecule has 0 unspecified atom stereocenters. The van der Waals surface area contributed by atoms with Gasteiger partial charge in [-0.3, -0.25) is 9.97 Å². The quantitative estimate of drug-likeness (QED) is 0.656. The van der Waals surface area contributed by atoms with Crippen molar-refractivity contribution in [3.8, 4) is 11.3 Å². The SMILES string of the molecule is OCCNc1cc(-c2cnccn2)c2cc[nH]c2n1. The molecule has 3 heterocycles. The summed E-state index contributed by atoms with van der Waals surface area (Å²) in [5.41, 5.74) is 2.53. The number of aliphatic hydroxyl groups excluding tert-OH is 1. The normalized spacial score (nSPS) is 10.8. The van der Waals surface area contributed by atoms with Gasteiger partial charge in [-0.05, 0) is 12.1 Å². The average Bonchev–Trinajstić information content (AvgIpc) is 2.93. The molecule has 0 amide bonds. The van der Waals surface area contributed by atoms with Crippen LogP contribution in [0.15, 0.2) is 36.9 Å². The fourth-order valence-corrected chi connectivity index (χ4v) is 1.96. The third-order valence-electron chi connectivity index (χ3n) is 2.79. The number of hydrogen-bond acceptors (Lipinski definition) is 5. The number of hydrogen-bond donors (Lipinski definition) is 3. The summed E-state index contributed by atoms with van der Waals surface area (Å²) < 4.78 is 0. The molecule has 0 atom stereocenters. The first kappa shape index (κ1) is 11.6. The van der Waals surface area contributed by atoms with E-state index in [1.165, 1.54) is 0 Å². The average molecular weight is 255 g/mol. The van der Waals surface area contributed by atoms with E-state index in [0.29, 0.717) is 12.4 Å². The maximum atomic E-state index is 8.87. The molecule has 0 aliphatic heterocycles. The molecule has 0 saturated carbocycles. The molecule has 3 aromatic heterocycles. The van der Waals surface area contributed by atoms with Gasteiger partial charge in [0.15, 0.2) is 0 Å². The van der Waals surface area contributed by atoms with Crippen LogP contribution in [0.3, 0.4) is 0 Å². The number of nitrogens with one attached hydrogen (secondary N) is 2. The first-order chi connectivity index (χ1) is 9.38. The third-order valence-corrected chi connectivity index (χ3v) is 2.79. The van der Waals surface area contributed by atoms with Gasteiger partial charge in [0.05, 0.1) is 18.5 Å². The summed E-state index contributed by atoms with van der Waals surface area (Å²) in [4.78, 5) is 15.9. The topological polar surface area (TPSA) is 86.7 Å². The molecule has 96 valence electrons. The zero-order chi connectivity index (χ0) is 13.1. The van der Waals surface area contributed by atoms with Gasteiger partial charge in [-0.15, -0.1) is 0 Å². The van der Waals surface area contributed by atoms with Gasteiger partial charge in [0.25, 0.3) is 0 Å². The largest absolute Gasteiger partial charge is 0.395 e. The molecule has 6 heteroatoms. The lowest BCUT2D eigenvalue weighted by molar-refractivity contribution is 0.311. The van der Waals surface area contributed by atoms with Crippen LogP contribution in [0.2, 0.25) is 0 Å². The number of pyridine rings is 1. The van der Waals surface area contributed by atoms with E-state index in [0.717, 1.165) is 22.3 Å². The Labute approximate surface area is 109 Å². The van der Waals surface area contributed by atoms with Crippen molar-refractivity contribution in [3.05, 3.63) is 36.9 Å². The van der Waals surface area contributed by atoms with Crippen LogP contribution >= 0.6 is 0 Å². The van der Waals surface area contributed by atoms with E-state index in [1.807, 2.05) is 18.3 Å². The second-order valence-electron chi connectivity index (χ2n) is 4.04. The minimum Gasteiger partial charge on any atom is -0.395 e. The van der Waals surface area contributed by atoms with Gasteiger partial charge in [0.2, 0.25) is 0 Å². The standard InChI is InChI=1S/C13H13N5O/c19-6-5-16-12-7-10(11-8-14-3-4-15-11)9-1-2-17-13(9)18-12/h1-4,7-8,19H,5-6H2,(H2,16,17,18). The molecule has 3 rings (SSSR count). The van der Waals surface area contributed by atoms with Crippen LogP contribution in [0.4, 0.5) is 5.82 Å². The second kappa shape index (κ2) is 5.03. The van der Waals surface area contributed by atoms with E-state index < -0.39 is 0 Å². The fraction of sp³-hybridized carbons (Fsp3) is 0.154. The highest BCUT2D eigenvalue weighted by atomic mass is 16.3. The Morgan fingerprint density at radius 3 is 3.05 bits per heavy atom. The monoisotopic (exact) mass is 255 g/mol. The van der Waals surface area contributed by atoms with Crippen molar-refractivity contribution in [2.75, 3.05) is 18.5 Å². The van der Waals surface area contributed by atoms with E-state index in [1.54, 1.807) is 18.6 Å². The Kier molecular flexibility index (Phi) is 3.07. The van der Waals surface area contributed by atoms with Crippen LogP contribution in [0.1, 0.15) is 0 Å². The molecule has 6 nitrogen and oxygen atoms in total. The minimum atomic E-state index is 0.0604. The Bertz CT molecular complexity index is 680. The van der Waals surface area contributed by atoms with Crippen molar-refractivity contribution < 1.29 is 5.11 Å². The highest BCUT2D eigenvalue weighted by molar-refractivity contribution is 5.93. The predicted octanol–water partition coefficient (Wildman–Crippen LogP) is 1.42. The molecule has 0 aromatic carbocycles. The lowest BCUT2D eigenvalue weighted by Gasteiger charge is -2.07. The molecule has 3 aromatic rings. The molecular weight excluding hydrogens is 242 g/mol. The molecule has 0 fully saturated rings. The number of fused-ring (bicyclic) bond motifs is 1. The Balaban J connectivity index is 2.13. The zero-order valence-electron chi connectivity index (χ0n) is 10.2. The molecule has 3 N–H and O–H groups in total. The molecule has 19 heavy (non-hydrogen) atoms. The van der Waals surface area contributed by atoms with Crippen molar-refractivity contribution in [2.24, 2.45) is 0 Å². The maximum Gasteiger partial charge on any atom is 0.140 e. The van der Waals surface area contributed by atoms with Crippen molar-refractivity contribution in [1.82, 2.24) is 19.9 Å². The van der Waals surface area contributed by atoms with E-state index in [-0.39, 0.29) is 6.61 Å². The van der Waals surface area contributed by atoms with Crippen LogP contribution in [-0.2, 0) is 0 Å². The lowest BCUT2D eigenvalue weighted by atomic mass is 10.1. The third kappa shape index (κ3) is 2.25. The van der Waals surface area contributed by atoms with E-state index in [4.69, 9.17) is 5.11 Å². The summed E-state index contributed by atoms with van der Waals surface area (Å²) in [7, 11) is 0. The van der Waals surface area contributed by atoms with Gasteiger partial charge in [-0.1, -0.05) is 0 Å². The second-order valence-corrected chi connectivity index (χ2v) is 4.04. The predicted molar refractivity (Wildman–Crippen MR) is 72.7 cm³/mol. The van der Waals surface area contributed by atoms with Crippen molar-refractivity contribution in [3.63, 3.8) is 0 Å². The number of anilines is 1. The van der Waals surface area contributed by atoms with E-state index in [9.17, 15) is 0 Å². The summed E-state index contributed by atoms with van der Waals surface area (Å²) >= 11 is 0. The Morgan fingerprint density at radius 1 is 1.32 bits per heavy atom. The van der Waals surface area contributed by atoms with Crippen LogP contribution in [0.5, 0.6) is 0 Å². The number of aliphatic hydroxyl groups is 1. The number of aromatic nitrogens is 4. The zero-order valence-corrected chi connectivity index (χ0v) is 10.2. The minimum absolute atomic E-state index is 0.0604. The number of rotatable bonds is 4. The molecule has 0 spiro atoms. The van der Waals surface area contributed by atoms with Gasteiger partial charge < -0.3 is 15.4 Å². The summed E-state index contributed by atoms with van der Waals surface area (Å²) in [6, 6.07) is 3.87.